The Morgan fingerprint density at radius 1 is 1.53 bits per heavy atom. The summed E-state index contributed by atoms with van der Waals surface area (Å²) in [4.78, 5) is 14.5. The number of hydrogen-bond acceptors (Lipinski definition) is 4. The zero-order chi connectivity index (χ0) is 13.2. The van der Waals surface area contributed by atoms with Crippen molar-refractivity contribution < 1.29 is 27.8 Å². The maximum atomic E-state index is 12.0. The molecule has 1 aliphatic heterocycles. The van der Waals surface area contributed by atoms with E-state index in [4.69, 9.17) is 4.74 Å². The third-order valence-electron chi connectivity index (χ3n) is 2.19. The number of hydrogen-bond donors (Lipinski definition) is 0. The minimum Gasteiger partial charge on any atom is -0.856 e. The predicted molar refractivity (Wildman–Crippen MR) is 51.5 cm³/mol. The first-order valence-electron chi connectivity index (χ1n) is 5.19. The Labute approximate surface area is 96.5 Å². The van der Waals surface area contributed by atoms with Crippen molar-refractivity contribution in [1.82, 2.24) is 0 Å². The van der Waals surface area contributed by atoms with Gasteiger partial charge in [0.25, 0.3) is 0 Å². The van der Waals surface area contributed by atoms with Gasteiger partial charge in [0.05, 0.1) is 12.5 Å². The van der Waals surface area contributed by atoms with Crippen LogP contribution in [0.15, 0.2) is 4.99 Å². The van der Waals surface area contributed by atoms with Crippen LogP contribution in [0.25, 0.3) is 0 Å². The smallest absolute Gasteiger partial charge is 0.419 e. The normalized spacial score (nSPS) is 22.7. The van der Waals surface area contributed by atoms with Crippen molar-refractivity contribution in [3.63, 3.8) is 0 Å². The molecule has 0 spiro atoms. The number of ether oxygens (including phenoxy) is 1. The van der Waals surface area contributed by atoms with Crippen LogP contribution in [-0.2, 0) is 9.53 Å². The van der Waals surface area contributed by atoms with E-state index in [1.54, 1.807) is 13.8 Å². The van der Waals surface area contributed by atoms with Crippen LogP contribution in [0.5, 0.6) is 0 Å². The molecule has 0 amide bonds. The van der Waals surface area contributed by atoms with Gasteiger partial charge in [0.2, 0.25) is 0 Å². The molecule has 1 rings (SSSR count). The summed E-state index contributed by atoms with van der Waals surface area (Å²) < 4.78 is 40.8. The molecule has 0 aliphatic carbocycles. The zero-order valence-electron chi connectivity index (χ0n) is 9.45. The Morgan fingerprint density at radius 3 is 2.41 bits per heavy atom. The van der Waals surface area contributed by atoms with Gasteiger partial charge in [0.15, 0.2) is 5.78 Å². The SMILES string of the molecule is CC(C)C[C@H](N=C([O-])C(F)(F)F)C(=O)[C@H]1CO1. The fourth-order valence-electron chi connectivity index (χ4n) is 1.32. The van der Waals surface area contributed by atoms with Gasteiger partial charge in [0, 0.05) is 0 Å². The highest BCUT2D eigenvalue weighted by atomic mass is 19.4. The number of rotatable bonds is 5. The molecule has 4 nitrogen and oxygen atoms in total. The van der Waals surface area contributed by atoms with Crippen molar-refractivity contribution in [2.45, 2.75) is 38.6 Å². The van der Waals surface area contributed by atoms with E-state index in [0.717, 1.165) is 0 Å². The highest BCUT2D eigenvalue weighted by Gasteiger charge is 2.37. The summed E-state index contributed by atoms with van der Waals surface area (Å²) in [5.74, 6) is -2.79. The molecule has 1 aliphatic rings. The van der Waals surface area contributed by atoms with Crippen LogP contribution < -0.4 is 5.11 Å². The number of alkyl halides is 3. The molecule has 2 atom stereocenters. The highest BCUT2D eigenvalue weighted by molar-refractivity contribution is 5.92. The molecule has 17 heavy (non-hydrogen) atoms. The maximum absolute atomic E-state index is 12.0. The first-order chi connectivity index (χ1) is 7.71. The Kier molecular flexibility index (Phi) is 4.13. The van der Waals surface area contributed by atoms with Gasteiger partial charge in [-0.2, -0.15) is 13.2 Å². The lowest BCUT2D eigenvalue weighted by atomic mass is 9.99. The third kappa shape index (κ3) is 4.33. The minimum atomic E-state index is -5.03. The van der Waals surface area contributed by atoms with Crippen molar-refractivity contribution in [2.75, 3.05) is 6.61 Å². The fourth-order valence-corrected chi connectivity index (χ4v) is 1.32. The Hall–Kier alpha value is -1.11. The minimum absolute atomic E-state index is 0.0347. The van der Waals surface area contributed by atoms with Crippen LogP contribution in [0.4, 0.5) is 13.2 Å². The van der Waals surface area contributed by atoms with Gasteiger partial charge < -0.3 is 9.84 Å². The molecule has 0 aromatic rings. The van der Waals surface area contributed by atoms with Crippen molar-refractivity contribution in [2.24, 2.45) is 10.9 Å². The summed E-state index contributed by atoms with van der Waals surface area (Å²) in [6, 6.07) is -1.25. The van der Waals surface area contributed by atoms with E-state index in [0.29, 0.717) is 0 Å². The van der Waals surface area contributed by atoms with Crippen LogP contribution >= 0.6 is 0 Å². The Bertz CT molecular complexity index is 321. The summed E-state index contributed by atoms with van der Waals surface area (Å²) in [7, 11) is 0. The third-order valence-corrected chi connectivity index (χ3v) is 2.19. The van der Waals surface area contributed by atoms with E-state index in [9.17, 15) is 23.1 Å². The number of Topliss-reactive ketones (excluding diaryl/α,β-unsaturated/α-hetero) is 1. The van der Waals surface area contributed by atoms with Gasteiger partial charge >= 0.3 is 6.18 Å². The summed E-state index contributed by atoms with van der Waals surface area (Å²) >= 11 is 0. The van der Waals surface area contributed by atoms with Gasteiger partial charge in [-0.3, -0.25) is 9.79 Å². The van der Waals surface area contributed by atoms with Crippen LogP contribution in [0.3, 0.4) is 0 Å². The molecule has 0 N–H and O–H groups in total. The molecule has 1 heterocycles. The molecule has 1 saturated heterocycles. The van der Waals surface area contributed by atoms with Crippen molar-refractivity contribution in [3.05, 3.63) is 0 Å². The van der Waals surface area contributed by atoms with Gasteiger partial charge in [0.1, 0.15) is 12.1 Å². The van der Waals surface area contributed by atoms with Crippen LogP contribution in [-0.4, -0.2) is 36.6 Å². The largest absolute Gasteiger partial charge is 0.856 e. The van der Waals surface area contributed by atoms with E-state index in [1.807, 2.05) is 0 Å². The van der Waals surface area contributed by atoms with E-state index in [1.165, 1.54) is 0 Å². The van der Waals surface area contributed by atoms with Crippen molar-refractivity contribution in [3.8, 4) is 0 Å². The second-order valence-corrected chi connectivity index (χ2v) is 4.30. The molecule has 98 valence electrons. The molecule has 1 fully saturated rings. The van der Waals surface area contributed by atoms with Crippen molar-refractivity contribution in [1.29, 1.82) is 0 Å². The quantitative estimate of drug-likeness (QED) is 0.411. The fraction of sp³-hybridized carbons (Fsp3) is 0.800. The van der Waals surface area contributed by atoms with E-state index < -0.39 is 30.0 Å². The first-order valence-corrected chi connectivity index (χ1v) is 5.19. The highest BCUT2D eigenvalue weighted by Crippen LogP contribution is 2.21. The number of carbonyl (C=O) groups excluding carboxylic acids is 1. The molecule has 0 aromatic heterocycles. The number of nitrogens with zero attached hydrogens (tertiary/aromatic N) is 1. The van der Waals surface area contributed by atoms with Gasteiger partial charge in [-0.25, -0.2) is 0 Å². The lowest BCUT2D eigenvalue weighted by Gasteiger charge is -2.19. The molecule has 0 aromatic carbocycles. The number of carbonyl (C=O) groups is 1. The first kappa shape index (κ1) is 14.0. The second kappa shape index (κ2) is 5.03. The summed E-state index contributed by atoms with van der Waals surface area (Å²) in [6.07, 6.45) is -5.61. The van der Waals surface area contributed by atoms with Gasteiger partial charge in [-0.15, -0.1) is 0 Å². The average molecular weight is 252 g/mol. The predicted octanol–water partition coefficient (Wildman–Crippen LogP) is 0.690. The van der Waals surface area contributed by atoms with Crippen molar-refractivity contribution >= 4 is 11.7 Å². The maximum Gasteiger partial charge on any atom is 0.419 e. The van der Waals surface area contributed by atoms with Crippen LogP contribution in [0, 0.1) is 5.92 Å². The van der Waals surface area contributed by atoms with E-state index in [2.05, 4.69) is 4.99 Å². The molecule has 0 bridgehead atoms. The number of halogens is 3. The zero-order valence-corrected chi connectivity index (χ0v) is 9.45. The number of aliphatic imine (C=N–C) groups is 1. The van der Waals surface area contributed by atoms with E-state index >= 15 is 0 Å². The molecular formula is C10H13F3NO3-. The summed E-state index contributed by atoms with van der Waals surface area (Å²) in [5.41, 5.74) is 0. The molecule has 0 unspecified atom stereocenters. The lowest BCUT2D eigenvalue weighted by Crippen LogP contribution is -2.38. The second-order valence-electron chi connectivity index (χ2n) is 4.30. The molecular weight excluding hydrogens is 239 g/mol. The average Bonchev–Trinajstić information content (AvgIpc) is 2.96. The number of epoxide rings is 1. The van der Waals surface area contributed by atoms with E-state index in [-0.39, 0.29) is 18.9 Å². The number of ketones is 1. The monoisotopic (exact) mass is 252 g/mol. The van der Waals surface area contributed by atoms with Crippen LogP contribution in [0.2, 0.25) is 0 Å². The Balaban J connectivity index is 2.79. The van der Waals surface area contributed by atoms with Crippen LogP contribution in [0.1, 0.15) is 20.3 Å². The summed E-state index contributed by atoms with van der Waals surface area (Å²) in [6.45, 7) is 3.67. The van der Waals surface area contributed by atoms with Gasteiger partial charge in [-0.05, 0) is 12.3 Å². The standard InChI is InChI=1S/C10H14F3NO3/c1-5(2)3-6(8(15)7-4-17-7)14-9(16)10(11,12)13/h5-7H,3-4H2,1-2H3,(H,14,16)/p-1/t6-,7+/m0/s1. The van der Waals surface area contributed by atoms with Gasteiger partial charge in [-0.1, -0.05) is 13.8 Å². The summed E-state index contributed by atoms with van der Waals surface area (Å²) in [5, 5.41) is 10.7. The molecule has 0 radical (unpaired) electrons. The lowest BCUT2D eigenvalue weighted by molar-refractivity contribution is -0.263. The molecule has 7 heteroatoms. The topological polar surface area (TPSA) is 65.0 Å². The Morgan fingerprint density at radius 2 is 2.06 bits per heavy atom. The molecule has 0 saturated carbocycles.